The molecule has 1 atom stereocenters. The SMILES string of the molecule is CCOc1c(Br)cccc1CN1CCCC(C)C1. The molecule has 2 nitrogen and oxygen atoms in total. The van der Waals surface area contributed by atoms with E-state index >= 15 is 0 Å². The minimum Gasteiger partial charge on any atom is -0.492 e. The summed E-state index contributed by atoms with van der Waals surface area (Å²) in [5.74, 6) is 1.83. The Balaban J connectivity index is 2.10. The Labute approximate surface area is 118 Å². The number of benzene rings is 1. The number of para-hydroxylation sites is 1. The summed E-state index contributed by atoms with van der Waals surface area (Å²) in [4.78, 5) is 2.54. The molecule has 3 heteroatoms. The standard InChI is InChI=1S/C15H22BrNO/c1-3-18-15-13(7-4-8-14(15)16)11-17-9-5-6-12(2)10-17/h4,7-8,12H,3,5-6,9-11H2,1-2H3. The van der Waals surface area contributed by atoms with Crippen molar-refractivity contribution in [2.45, 2.75) is 33.2 Å². The van der Waals surface area contributed by atoms with Crippen LogP contribution in [0, 0.1) is 5.92 Å². The van der Waals surface area contributed by atoms with E-state index in [1.54, 1.807) is 0 Å². The molecule has 2 rings (SSSR count). The molecule has 1 fully saturated rings. The summed E-state index contributed by atoms with van der Waals surface area (Å²) >= 11 is 3.58. The molecule has 0 aromatic heterocycles. The summed E-state index contributed by atoms with van der Waals surface area (Å²) in [7, 11) is 0. The molecule has 1 aliphatic heterocycles. The van der Waals surface area contributed by atoms with Gasteiger partial charge in [0.25, 0.3) is 0 Å². The van der Waals surface area contributed by atoms with E-state index in [-0.39, 0.29) is 0 Å². The first-order chi connectivity index (χ1) is 8.70. The van der Waals surface area contributed by atoms with Gasteiger partial charge in [-0.3, -0.25) is 4.90 Å². The molecule has 100 valence electrons. The topological polar surface area (TPSA) is 12.5 Å². The summed E-state index contributed by atoms with van der Waals surface area (Å²) in [6, 6.07) is 6.32. The van der Waals surface area contributed by atoms with E-state index < -0.39 is 0 Å². The highest BCUT2D eigenvalue weighted by atomic mass is 79.9. The molecule has 1 saturated heterocycles. The first kappa shape index (κ1) is 13.9. The summed E-state index contributed by atoms with van der Waals surface area (Å²) in [5, 5.41) is 0. The number of likely N-dealkylation sites (tertiary alicyclic amines) is 1. The van der Waals surface area contributed by atoms with Gasteiger partial charge in [0.05, 0.1) is 11.1 Å². The highest BCUT2D eigenvalue weighted by molar-refractivity contribution is 9.10. The maximum Gasteiger partial charge on any atom is 0.137 e. The number of hydrogen-bond acceptors (Lipinski definition) is 2. The van der Waals surface area contributed by atoms with Crippen molar-refractivity contribution in [1.82, 2.24) is 4.90 Å². The van der Waals surface area contributed by atoms with Crippen LogP contribution in [0.25, 0.3) is 0 Å². The van der Waals surface area contributed by atoms with Crippen LogP contribution in [0.2, 0.25) is 0 Å². The number of ether oxygens (including phenoxy) is 1. The molecule has 1 aromatic rings. The van der Waals surface area contributed by atoms with Crippen LogP contribution in [0.5, 0.6) is 5.75 Å². The van der Waals surface area contributed by atoms with E-state index in [1.807, 2.05) is 13.0 Å². The lowest BCUT2D eigenvalue weighted by Gasteiger charge is -2.31. The van der Waals surface area contributed by atoms with E-state index in [0.29, 0.717) is 6.61 Å². The molecule has 1 unspecified atom stereocenters. The second-order valence-corrected chi connectivity index (χ2v) is 6.00. The molecular formula is C15H22BrNO. The largest absolute Gasteiger partial charge is 0.492 e. The Kier molecular flexibility index (Phi) is 5.07. The molecular weight excluding hydrogens is 290 g/mol. The van der Waals surface area contributed by atoms with E-state index in [2.05, 4.69) is 39.9 Å². The van der Waals surface area contributed by atoms with E-state index in [9.17, 15) is 0 Å². The Morgan fingerprint density at radius 3 is 3.00 bits per heavy atom. The smallest absolute Gasteiger partial charge is 0.137 e. The van der Waals surface area contributed by atoms with Crippen LogP contribution in [0.3, 0.4) is 0 Å². The zero-order chi connectivity index (χ0) is 13.0. The number of piperidine rings is 1. The Morgan fingerprint density at radius 2 is 2.28 bits per heavy atom. The lowest BCUT2D eigenvalue weighted by Crippen LogP contribution is -2.33. The van der Waals surface area contributed by atoms with E-state index in [1.165, 1.54) is 31.5 Å². The zero-order valence-corrected chi connectivity index (χ0v) is 12.9. The number of rotatable bonds is 4. The van der Waals surface area contributed by atoms with Gasteiger partial charge < -0.3 is 4.74 Å². The maximum absolute atomic E-state index is 5.76. The average molecular weight is 312 g/mol. The number of nitrogens with zero attached hydrogens (tertiary/aromatic N) is 1. The third kappa shape index (κ3) is 3.48. The van der Waals surface area contributed by atoms with Crippen LogP contribution in [-0.4, -0.2) is 24.6 Å². The molecule has 0 bridgehead atoms. The molecule has 1 aliphatic rings. The molecule has 1 aromatic carbocycles. The van der Waals surface area contributed by atoms with Crippen LogP contribution in [0.15, 0.2) is 22.7 Å². The van der Waals surface area contributed by atoms with Gasteiger partial charge in [0, 0.05) is 18.7 Å². The summed E-state index contributed by atoms with van der Waals surface area (Å²) < 4.78 is 6.82. The Bertz CT molecular complexity index is 394. The van der Waals surface area contributed by atoms with Crippen molar-refractivity contribution in [2.75, 3.05) is 19.7 Å². The highest BCUT2D eigenvalue weighted by Crippen LogP contribution is 2.31. The predicted octanol–water partition coefficient (Wildman–Crippen LogP) is 4.08. The van der Waals surface area contributed by atoms with Crippen molar-refractivity contribution in [3.05, 3.63) is 28.2 Å². The minimum atomic E-state index is 0.714. The molecule has 0 radical (unpaired) electrons. The van der Waals surface area contributed by atoms with Crippen LogP contribution in [0.1, 0.15) is 32.3 Å². The van der Waals surface area contributed by atoms with Gasteiger partial charge in [-0.25, -0.2) is 0 Å². The summed E-state index contributed by atoms with van der Waals surface area (Å²) in [5.41, 5.74) is 1.29. The van der Waals surface area contributed by atoms with E-state index in [0.717, 1.165) is 22.7 Å². The molecule has 0 aliphatic carbocycles. The van der Waals surface area contributed by atoms with E-state index in [4.69, 9.17) is 4.74 Å². The monoisotopic (exact) mass is 311 g/mol. The molecule has 18 heavy (non-hydrogen) atoms. The molecule has 0 amide bonds. The van der Waals surface area contributed by atoms with Gasteiger partial charge in [-0.2, -0.15) is 0 Å². The van der Waals surface area contributed by atoms with Gasteiger partial charge in [-0.1, -0.05) is 19.1 Å². The van der Waals surface area contributed by atoms with Crippen molar-refractivity contribution < 1.29 is 4.74 Å². The van der Waals surface area contributed by atoms with Crippen molar-refractivity contribution in [3.63, 3.8) is 0 Å². The molecule has 0 N–H and O–H groups in total. The van der Waals surface area contributed by atoms with Crippen LogP contribution in [-0.2, 0) is 6.54 Å². The van der Waals surface area contributed by atoms with Crippen LogP contribution in [0.4, 0.5) is 0 Å². The second-order valence-electron chi connectivity index (χ2n) is 5.14. The van der Waals surface area contributed by atoms with Gasteiger partial charge in [0.15, 0.2) is 0 Å². The first-order valence-electron chi connectivity index (χ1n) is 6.83. The van der Waals surface area contributed by atoms with Crippen molar-refractivity contribution >= 4 is 15.9 Å². The van der Waals surface area contributed by atoms with Gasteiger partial charge in [0.1, 0.15) is 5.75 Å². The quantitative estimate of drug-likeness (QED) is 0.830. The average Bonchev–Trinajstić information content (AvgIpc) is 2.34. The van der Waals surface area contributed by atoms with Gasteiger partial charge in [-0.05, 0) is 54.2 Å². The third-order valence-corrected chi connectivity index (χ3v) is 4.10. The van der Waals surface area contributed by atoms with Crippen LogP contribution >= 0.6 is 15.9 Å². The van der Waals surface area contributed by atoms with Gasteiger partial charge in [0.2, 0.25) is 0 Å². The van der Waals surface area contributed by atoms with Crippen molar-refractivity contribution in [3.8, 4) is 5.75 Å². The lowest BCUT2D eigenvalue weighted by atomic mass is 10.00. The maximum atomic E-state index is 5.76. The zero-order valence-electron chi connectivity index (χ0n) is 11.3. The highest BCUT2D eigenvalue weighted by Gasteiger charge is 2.18. The van der Waals surface area contributed by atoms with Crippen molar-refractivity contribution in [1.29, 1.82) is 0 Å². The second kappa shape index (κ2) is 6.58. The summed E-state index contributed by atoms with van der Waals surface area (Å²) in [6.07, 6.45) is 2.69. The fourth-order valence-corrected chi connectivity index (χ4v) is 3.18. The fraction of sp³-hybridized carbons (Fsp3) is 0.600. The Hall–Kier alpha value is -0.540. The Morgan fingerprint density at radius 1 is 1.44 bits per heavy atom. The molecule has 0 spiro atoms. The number of hydrogen-bond donors (Lipinski definition) is 0. The van der Waals surface area contributed by atoms with Gasteiger partial charge in [-0.15, -0.1) is 0 Å². The fourth-order valence-electron chi connectivity index (χ4n) is 2.66. The first-order valence-corrected chi connectivity index (χ1v) is 7.62. The lowest BCUT2D eigenvalue weighted by molar-refractivity contribution is 0.174. The molecule has 1 heterocycles. The van der Waals surface area contributed by atoms with Crippen LogP contribution < -0.4 is 4.74 Å². The summed E-state index contributed by atoms with van der Waals surface area (Å²) in [6.45, 7) is 8.51. The third-order valence-electron chi connectivity index (χ3n) is 3.47. The predicted molar refractivity (Wildman–Crippen MR) is 79.0 cm³/mol. The van der Waals surface area contributed by atoms with Gasteiger partial charge >= 0.3 is 0 Å². The number of halogens is 1. The normalized spacial score (nSPS) is 20.9. The van der Waals surface area contributed by atoms with Crippen molar-refractivity contribution in [2.24, 2.45) is 5.92 Å². The molecule has 0 saturated carbocycles. The minimum absolute atomic E-state index is 0.714.